The summed E-state index contributed by atoms with van der Waals surface area (Å²) in [6, 6.07) is 8.69. The molecule has 0 unspecified atom stereocenters. The molecule has 114 valence electrons. The van der Waals surface area contributed by atoms with E-state index in [4.69, 9.17) is 0 Å². The van der Waals surface area contributed by atoms with E-state index in [1.165, 1.54) is 32.1 Å². The first kappa shape index (κ1) is 14.2. The van der Waals surface area contributed by atoms with E-state index in [-0.39, 0.29) is 5.91 Å². The fraction of sp³-hybridized carbons (Fsp3) is 0.588. The lowest BCUT2D eigenvalue weighted by atomic mass is 9.94. The van der Waals surface area contributed by atoms with E-state index < -0.39 is 0 Å². The van der Waals surface area contributed by atoms with Gasteiger partial charge in [-0.1, -0.05) is 31.4 Å². The molecule has 1 aromatic carbocycles. The highest BCUT2D eigenvalue weighted by Crippen LogP contribution is 2.28. The van der Waals surface area contributed by atoms with Crippen LogP contribution in [0.5, 0.6) is 0 Å². The number of hydrogen-bond acceptors (Lipinski definition) is 3. The van der Waals surface area contributed by atoms with Crippen LogP contribution in [0.25, 0.3) is 0 Å². The van der Waals surface area contributed by atoms with Gasteiger partial charge in [-0.15, -0.1) is 0 Å². The average molecular weight is 287 g/mol. The van der Waals surface area contributed by atoms with Gasteiger partial charge >= 0.3 is 0 Å². The monoisotopic (exact) mass is 287 g/mol. The van der Waals surface area contributed by atoms with E-state index in [1.807, 2.05) is 24.1 Å². The van der Waals surface area contributed by atoms with Gasteiger partial charge in [0.25, 0.3) is 0 Å². The predicted molar refractivity (Wildman–Crippen MR) is 86.8 cm³/mol. The number of nitrogens with one attached hydrogen (secondary N) is 1. The molecule has 1 saturated carbocycles. The SMILES string of the molecule is CN(C(=O)CN1CCNc2ccccc21)C1CCCCC1. The van der Waals surface area contributed by atoms with Gasteiger partial charge in [-0.05, 0) is 25.0 Å². The molecule has 1 aromatic rings. The molecule has 21 heavy (non-hydrogen) atoms. The zero-order valence-electron chi connectivity index (χ0n) is 12.8. The maximum absolute atomic E-state index is 12.6. The van der Waals surface area contributed by atoms with Gasteiger partial charge in [0, 0.05) is 26.2 Å². The Labute approximate surface area is 127 Å². The second-order valence-corrected chi connectivity index (χ2v) is 6.16. The molecule has 1 fully saturated rings. The summed E-state index contributed by atoms with van der Waals surface area (Å²) in [6.07, 6.45) is 6.18. The van der Waals surface area contributed by atoms with E-state index >= 15 is 0 Å². The summed E-state index contributed by atoms with van der Waals surface area (Å²) in [5, 5.41) is 3.39. The van der Waals surface area contributed by atoms with Gasteiger partial charge in [-0.2, -0.15) is 0 Å². The first-order valence-electron chi connectivity index (χ1n) is 8.09. The Morgan fingerprint density at radius 1 is 1.29 bits per heavy atom. The van der Waals surface area contributed by atoms with Gasteiger partial charge in [0.05, 0.1) is 17.9 Å². The van der Waals surface area contributed by atoms with Gasteiger partial charge < -0.3 is 15.1 Å². The lowest BCUT2D eigenvalue weighted by Crippen LogP contribution is -2.46. The minimum absolute atomic E-state index is 0.249. The minimum atomic E-state index is 0.249. The molecular weight excluding hydrogens is 262 g/mol. The summed E-state index contributed by atoms with van der Waals surface area (Å²) in [5.41, 5.74) is 2.28. The maximum atomic E-state index is 12.6. The molecule has 1 N–H and O–H groups in total. The third kappa shape index (κ3) is 3.14. The van der Waals surface area contributed by atoms with Crippen LogP contribution in [0, 0.1) is 0 Å². The third-order valence-electron chi connectivity index (χ3n) is 4.78. The molecule has 1 aliphatic carbocycles. The molecule has 0 spiro atoms. The van der Waals surface area contributed by atoms with Crippen molar-refractivity contribution in [1.82, 2.24) is 4.90 Å². The number of rotatable bonds is 3. The van der Waals surface area contributed by atoms with E-state index in [2.05, 4.69) is 22.3 Å². The van der Waals surface area contributed by atoms with Crippen molar-refractivity contribution < 1.29 is 4.79 Å². The quantitative estimate of drug-likeness (QED) is 0.928. The molecule has 0 saturated heterocycles. The topological polar surface area (TPSA) is 35.6 Å². The van der Waals surface area contributed by atoms with Crippen molar-refractivity contribution in [3.05, 3.63) is 24.3 Å². The van der Waals surface area contributed by atoms with E-state index in [9.17, 15) is 4.79 Å². The van der Waals surface area contributed by atoms with Crippen LogP contribution >= 0.6 is 0 Å². The Morgan fingerprint density at radius 2 is 2.05 bits per heavy atom. The molecule has 0 radical (unpaired) electrons. The summed E-state index contributed by atoms with van der Waals surface area (Å²) in [6.45, 7) is 2.28. The van der Waals surface area contributed by atoms with Crippen LogP contribution in [0.3, 0.4) is 0 Å². The van der Waals surface area contributed by atoms with Gasteiger partial charge in [0.2, 0.25) is 5.91 Å². The molecule has 3 rings (SSSR count). The molecule has 0 bridgehead atoms. The van der Waals surface area contributed by atoms with Crippen molar-refractivity contribution >= 4 is 17.3 Å². The molecule has 1 heterocycles. The Kier molecular flexibility index (Phi) is 4.32. The maximum Gasteiger partial charge on any atom is 0.242 e. The molecule has 0 aromatic heterocycles. The summed E-state index contributed by atoms with van der Waals surface area (Å²) in [7, 11) is 1.98. The van der Waals surface area contributed by atoms with Crippen molar-refractivity contribution in [3.8, 4) is 0 Å². The normalized spacial score (nSPS) is 18.8. The molecule has 1 aliphatic heterocycles. The van der Waals surface area contributed by atoms with Crippen LogP contribution in [0.2, 0.25) is 0 Å². The number of carbonyl (C=O) groups is 1. The summed E-state index contributed by atoms with van der Waals surface area (Å²) >= 11 is 0. The second kappa shape index (κ2) is 6.37. The van der Waals surface area contributed by atoms with Gasteiger partial charge in [-0.25, -0.2) is 0 Å². The standard InChI is InChI=1S/C17H25N3O/c1-19(14-7-3-2-4-8-14)17(21)13-20-12-11-18-15-9-5-6-10-16(15)20/h5-6,9-10,14,18H,2-4,7-8,11-13H2,1H3. The number of anilines is 2. The van der Waals surface area contributed by atoms with Crippen LogP contribution in [0.4, 0.5) is 11.4 Å². The summed E-state index contributed by atoms with van der Waals surface area (Å²) < 4.78 is 0. The number of nitrogens with zero attached hydrogens (tertiary/aromatic N) is 2. The van der Waals surface area contributed by atoms with Gasteiger partial charge in [0.15, 0.2) is 0 Å². The van der Waals surface area contributed by atoms with Crippen LogP contribution < -0.4 is 10.2 Å². The number of likely N-dealkylation sites (N-methyl/N-ethyl adjacent to an activating group) is 1. The number of carbonyl (C=O) groups excluding carboxylic acids is 1. The number of fused-ring (bicyclic) bond motifs is 1. The fourth-order valence-corrected chi connectivity index (χ4v) is 3.46. The second-order valence-electron chi connectivity index (χ2n) is 6.16. The first-order chi connectivity index (χ1) is 10.3. The Morgan fingerprint density at radius 3 is 2.86 bits per heavy atom. The Hall–Kier alpha value is -1.71. The first-order valence-corrected chi connectivity index (χ1v) is 8.09. The smallest absolute Gasteiger partial charge is 0.242 e. The largest absolute Gasteiger partial charge is 0.382 e. The zero-order valence-corrected chi connectivity index (χ0v) is 12.8. The van der Waals surface area contributed by atoms with Crippen LogP contribution in [0.15, 0.2) is 24.3 Å². The highest BCUT2D eigenvalue weighted by atomic mass is 16.2. The van der Waals surface area contributed by atoms with Crippen molar-refractivity contribution in [3.63, 3.8) is 0 Å². The van der Waals surface area contributed by atoms with Gasteiger partial charge in [-0.3, -0.25) is 4.79 Å². The van der Waals surface area contributed by atoms with Crippen molar-refractivity contribution in [2.75, 3.05) is 36.9 Å². The van der Waals surface area contributed by atoms with E-state index in [0.717, 1.165) is 24.5 Å². The van der Waals surface area contributed by atoms with Crippen LogP contribution in [-0.4, -0.2) is 43.5 Å². The van der Waals surface area contributed by atoms with Crippen LogP contribution in [-0.2, 0) is 4.79 Å². The van der Waals surface area contributed by atoms with E-state index in [0.29, 0.717) is 12.6 Å². The highest BCUT2D eigenvalue weighted by molar-refractivity contribution is 5.84. The lowest BCUT2D eigenvalue weighted by Gasteiger charge is -2.35. The minimum Gasteiger partial charge on any atom is -0.382 e. The Balaban J connectivity index is 1.65. The fourth-order valence-electron chi connectivity index (χ4n) is 3.46. The molecule has 1 amide bonds. The van der Waals surface area contributed by atoms with Crippen molar-refractivity contribution in [2.24, 2.45) is 0 Å². The molecule has 2 aliphatic rings. The van der Waals surface area contributed by atoms with Gasteiger partial charge in [0.1, 0.15) is 0 Å². The molecule has 4 heteroatoms. The summed E-state index contributed by atoms with van der Waals surface area (Å²) in [5.74, 6) is 0.249. The van der Waals surface area contributed by atoms with Crippen molar-refractivity contribution in [2.45, 2.75) is 38.1 Å². The highest BCUT2D eigenvalue weighted by Gasteiger charge is 2.25. The number of benzene rings is 1. The molecular formula is C17H25N3O. The summed E-state index contributed by atoms with van der Waals surface area (Å²) in [4.78, 5) is 16.8. The Bertz CT molecular complexity index is 497. The molecule has 0 atom stereocenters. The van der Waals surface area contributed by atoms with Crippen LogP contribution in [0.1, 0.15) is 32.1 Å². The average Bonchev–Trinajstić information content (AvgIpc) is 2.55. The lowest BCUT2D eigenvalue weighted by molar-refractivity contribution is -0.131. The zero-order chi connectivity index (χ0) is 14.7. The number of para-hydroxylation sites is 2. The third-order valence-corrected chi connectivity index (χ3v) is 4.78. The van der Waals surface area contributed by atoms with Crippen molar-refractivity contribution in [1.29, 1.82) is 0 Å². The molecule has 4 nitrogen and oxygen atoms in total. The number of amides is 1. The number of hydrogen-bond donors (Lipinski definition) is 1. The van der Waals surface area contributed by atoms with E-state index in [1.54, 1.807) is 0 Å². The predicted octanol–water partition coefficient (Wildman–Crippen LogP) is 2.71.